The van der Waals surface area contributed by atoms with Crippen LogP contribution >= 0.6 is 0 Å². The van der Waals surface area contributed by atoms with Crippen molar-refractivity contribution in [1.82, 2.24) is 0 Å². The number of allylic oxidation sites excluding steroid dienone is 1. The number of methoxy groups -OCH3 is 1. The van der Waals surface area contributed by atoms with Crippen molar-refractivity contribution in [3.8, 4) is 0 Å². The molecule has 116 valence electrons. The van der Waals surface area contributed by atoms with E-state index in [1.807, 2.05) is 37.3 Å². The Morgan fingerprint density at radius 1 is 1.05 bits per heavy atom. The van der Waals surface area contributed by atoms with Crippen LogP contribution in [0.5, 0.6) is 0 Å². The molecule has 0 radical (unpaired) electrons. The molecule has 0 unspecified atom stereocenters. The minimum atomic E-state index is -0.366. The molecule has 0 fully saturated rings. The fourth-order valence-electron chi connectivity index (χ4n) is 2.22. The number of hydrogen-bond acceptors (Lipinski definition) is 3. The van der Waals surface area contributed by atoms with Crippen LogP contribution in [-0.4, -0.2) is 19.7 Å². The molecule has 0 aliphatic heterocycles. The molecule has 0 heterocycles. The highest BCUT2D eigenvalue weighted by molar-refractivity contribution is 5.95. The van der Waals surface area contributed by atoms with E-state index in [1.165, 1.54) is 20.0 Å². The summed E-state index contributed by atoms with van der Waals surface area (Å²) in [6.45, 7) is 4.62. The average molecular weight is 290 g/mol. The summed E-state index contributed by atoms with van der Waals surface area (Å²) in [6, 6.07) is 9.82. The van der Waals surface area contributed by atoms with Crippen LogP contribution in [0.2, 0.25) is 0 Å². The lowest BCUT2D eigenvalue weighted by molar-refractivity contribution is -0.142. The first-order chi connectivity index (χ1) is 10.2. The molecule has 0 saturated carbocycles. The van der Waals surface area contributed by atoms with Crippen molar-refractivity contribution in [2.24, 2.45) is 0 Å². The lowest BCUT2D eigenvalue weighted by Crippen LogP contribution is -2.12. The first kappa shape index (κ1) is 17.3. The lowest BCUT2D eigenvalue weighted by atomic mass is 10.0. The molecule has 0 amide bonds. The van der Waals surface area contributed by atoms with Crippen molar-refractivity contribution >= 4 is 11.5 Å². The highest BCUT2D eigenvalue weighted by Gasteiger charge is 2.17. The van der Waals surface area contributed by atoms with Gasteiger partial charge in [-0.15, -0.1) is 0 Å². The number of esters is 1. The number of ether oxygens (including phenoxy) is 2. The molecule has 0 saturated heterocycles. The molecule has 1 rings (SSSR count). The van der Waals surface area contributed by atoms with Crippen molar-refractivity contribution in [2.75, 3.05) is 13.7 Å². The molecule has 3 heteroatoms. The number of benzene rings is 1. The van der Waals surface area contributed by atoms with Crippen molar-refractivity contribution in [1.29, 1.82) is 0 Å². The van der Waals surface area contributed by atoms with Gasteiger partial charge < -0.3 is 9.47 Å². The topological polar surface area (TPSA) is 35.5 Å². The van der Waals surface area contributed by atoms with Gasteiger partial charge in [0.1, 0.15) is 0 Å². The summed E-state index contributed by atoms with van der Waals surface area (Å²) in [5.74, 6) is -0.0473. The van der Waals surface area contributed by atoms with Crippen LogP contribution in [0.15, 0.2) is 36.1 Å². The molecule has 0 aliphatic carbocycles. The lowest BCUT2D eigenvalue weighted by Gasteiger charge is -2.13. The van der Waals surface area contributed by atoms with E-state index in [0.29, 0.717) is 12.4 Å². The Morgan fingerprint density at radius 2 is 1.76 bits per heavy atom. The minimum Gasteiger partial charge on any atom is -0.490 e. The van der Waals surface area contributed by atoms with Gasteiger partial charge in [-0.05, 0) is 18.4 Å². The fourth-order valence-corrected chi connectivity index (χ4v) is 2.22. The van der Waals surface area contributed by atoms with Crippen LogP contribution < -0.4 is 0 Å². The summed E-state index contributed by atoms with van der Waals surface area (Å²) >= 11 is 0. The molecule has 0 bridgehead atoms. The van der Waals surface area contributed by atoms with Gasteiger partial charge in [0.05, 0.1) is 13.7 Å². The third-order valence-electron chi connectivity index (χ3n) is 3.37. The van der Waals surface area contributed by atoms with Gasteiger partial charge in [0.15, 0.2) is 0 Å². The third-order valence-corrected chi connectivity index (χ3v) is 3.37. The smallest absolute Gasteiger partial charge is 0.373 e. The maximum absolute atomic E-state index is 12.2. The molecule has 1 aromatic rings. The van der Waals surface area contributed by atoms with E-state index in [-0.39, 0.29) is 5.97 Å². The Hall–Kier alpha value is -1.77. The Labute approximate surface area is 128 Å². The van der Waals surface area contributed by atoms with Crippen molar-refractivity contribution in [3.05, 3.63) is 41.7 Å². The monoisotopic (exact) mass is 290 g/mol. The molecule has 1 aromatic carbocycles. The van der Waals surface area contributed by atoms with Gasteiger partial charge in [-0.2, -0.15) is 0 Å². The zero-order valence-electron chi connectivity index (χ0n) is 13.4. The highest BCUT2D eigenvalue weighted by Crippen LogP contribution is 2.23. The first-order valence-electron chi connectivity index (χ1n) is 7.74. The summed E-state index contributed by atoms with van der Waals surface area (Å²) in [5, 5.41) is 0. The van der Waals surface area contributed by atoms with Gasteiger partial charge in [0, 0.05) is 5.57 Å². The maximum Gasteiger partial charge on any atom is 0.373 e. The Morgan fingerprint density at radius 3 is 2.33 bits per heavy atom. The minimum absolute atomic E-state index is 0.319. The predicted octanol–water partition coefficient (Wildman–Crippen LogP) is 4.58. The second-order valence-electron chi connectivity index (χ2n) is 4.93. The second-order valence-corrected chi connectivity index (χ2v) is 4.93. The Balaban J connectivity index is 2.74. The quantitative estimate of drug-likeness (QED) is 0.289. The predicted molar refractivity (Wildman–Crippen MR) is 85.8 cm³/mol. The number of carbonyl (C=O) groups is 1. The third kappa shape index (κ3) is 5.62. The largest absolute Gasteiger partial charge is 0.490 e. The summed E-state index contributed by atoms with van der Waals surface area (Å²) < 4.78 is 10.6. The van der Waals surface area contributed by atoms with E-state index in [0.717, 1.165) is 30.4 Å². The van der Waals surface area contributed by atoms with Gasteiger partial charge in [0.2, 0.25) is 5.76 Å². The van der Waals surface area contributed by atoms with Crippen LogP contribution in [0.3, 0.4) is 0 Å². The molecular weight excluding hydrogens is 264 g/mol. The summed E-state index contributed by atoms with van der Waals surface area (Å²) in [6.07, 6.45) is 5.07. The van der Waals surface area contributed by atoms with Crippen LogP contribution in [0.25, 0.3) is 5.57 Å². The standard InChI is InChI=1S/C18H26O3/c1-4-6-7-11-14-21-18(19)17(20-3)16(5-2)15-12-9-8-10-13-15/h8-10,12-13H,4-7,11,14H2,1-3H3/b17-16-. The zero-order chi connectivity index (χ0) is 15.5. The number of carbonyl (C=O) groups excluding carboxylic acids is 1. The zero-order valence-corrected chi connectivity index (χ0v) is 13.4. The first-order valence-corrected chi connectivity index (χ1v) is 7.74. The van der Waals surface area contributed by atoms with E-state index in [1.54, 1.807) is 0 Å². The van der Waals surface area contributed by atoms with Crippen molar-refractivity contribution in [3.63, 3.8) is 0 Å². The van der Waals surface area contributed by atoms with Gasteiger partial charge in [-0.25, -0.2) is 4.79 Å². The van der Waals surface area contributed by atoms with Gasteiger partial charge in [-0.3, -0.25) is 0 Å². The van der Waals surface area contributed by atoms with Crippen molar-refractivity contribution < 1.29 is 14.3 Å². The van der Waals surface area contributed by atoms with E-state index < -0.39 is 0 Å². The Kier molecular flexibility index (Phi) is 8.25. The van der Waals surface area contributed by atoms with Gasteiger partial charge >= 0.3 is 5.97 Å². The molecule has 0 N–H and O–H groups in total. The van der Waals surface area contributed by atoms with E-state index in [9.17, 15) is 4.79 Å². The van der Waals surface area contributed by atoms with Gasteiger partial charge in [0.25, 0.3) is 0 Å². The van der Waals surface area contributed by atoms with Crippen LogP contribution in [0.1, 0.15) is 51.5 Å². The second kappa shape index (κ2) is 10.0. The SMILES string of the molecule is CCCCCCOC(=O)/C(OC)=C(\CC)c1ccccc1. The molecule has 0 spiro atoms. The summed E-state index contributed by atoms with van der Waals surface area (Å²) in [5.41, 5.74) is 1.89. The number of unbranched alkanes of at least 4 members (excludes halogenated alkanes) is 3. The number of rotatable bonds is 9. The molecule has 0 aromatic heterocycles. The molecule has 0 aliphatic rings. The van der Waals surface area contributed by atoms with E-state index >= 15 is 0 Å². The van der Waals surface area contributed by atoms with E-state index in [2.05, 4.69) is 6.92 Å². The van der Waals surface area contributed by atoms with Crippen LogP contribution in [0.4, 0.5) is 0 Å². The normalized spacial score (nSPS) is 11.8. The fraction of sp³-hybridized carbons (Fsp3) is 0.500. The van der Waals surface area contributed by atoms with Crippen molar-refractivity contribution in [2.45, 2.75) is 46.0 Å². The highest BCUT2D eigenvalue weighted by atomic mass is 16.6. The van der Waals surface area contributed by atoms with Crippen LogP contribution in [-0.2, 0) is 14.3 Å². The molecule has 21 heavy (non-hydrogen) atoms. The van der Waals surface area contributed by atoms with Crippen LogP contribution in [0, 0.1) is 0 Å². The van der Waals surface area contributed by atoms with E-state index in [4.69, 9.17) is 9.47 Å². The molecular formula is C18H26O3. The molecule has 3 nitrogen and oxygen atoms in total. The summed E-state index contributed by atoms with van der Waals surface area (Å²) in [4.78, 5) is 12.2. The number of hydrogen-bond donors (Lipinski definition) is 0. The molecule has 0 atom stereocenters. The average Bonchev–Trinajstić information content (AvgIpc) is 2.52. The summed E-state index contributed by atoms with van der Waals surface area (Å²) in [7, 11) is 1.52. The maximum atomic E-state index is 12.2. The Bertz CT molecular complexity index is 449. The van der Waals surface area contributed by atoms with Gasteiger partial charge in [-0.1, -0.05) is 63.4 Å².